The first-order chi connectivity index (χ1) is 6.34. The molecule has 0 saturated carbocycles. The Balaban J connectivity index is 3.18. The number of nitrogens with zero attached hydrogens (tertiary/aromatic N) is 1. The first kappa shape index (κ1) is 11.3. The van der Waals surface area contributed by atoms with E-state index in [9.17, 15) is 8.78 Å². The van der Waals surface area contributed by atoms with E-state index in [4.69, 9.17) is 17.3 Å². The Hall–Kier alpha value is -0.740. The first-order valence-corrected chi connectivity index (χ1v) is 4.43. The number of hydrogen-bond acceptors (Lipinski definition) is 2. The molecule has 1 aromatic heterocycles. The van der Waals surface area contributed by atoms with Gasteiger partial charge in [-0.1, -0.05) is 11.6 Å². The molecule has 0 spiro atoms. The number of pyridine rings is 1. The molecular weight excluding hydrogens is 210 g/mol. The summed E-state index contributed by atoms with van der Waals surface area (Å²) in [7, 11) is 0. The maximum Gasteiger partial charge on any atom is 0.260 e. The van der Waals surface area contributed by atoms with E-state index in [2.05, 4.69) is 4.98 Å². The molecule has 0 radical (unpaired) electrons. The van der Waals surface area contributed by atoms with Crippen LogP contribution < -0.4 is 5.73 Å². The van der Waals surface area contributed by atoms with E-state index in [1.807, 2.05) is 0 Å². The van der Waals surface area contributed by atoms with Gasteiger partial charge in [0.1, 0.15) is 5.15 Å². The van der Waals surface area contributed by atoms with E-state index < -0.39 is 12.0 Å². The lowest BCUT2D eigenvalue weighted by molar-refractivity contribution is 0.0624. The van der Waals surface area contributed by atoms with Crippen LogP contribution in [0.2, 0.25) is 5.15 Å². The molecular formula is C9H11ClF2N2. The Labute approximate surface area is 86.1 Å². The molecule has 2 nitrogen and oxygen atoms in total. The van der Waals surface area contributed by atoms with E-state index in [0.717, 1.165) is 0 Å². The van der Waals surface area contributed by atoms with Crippen LogP contribution in [0.25, 0.3) is 0 Å². The molecule has 0 bridgehead atoms. The van der Waals surface area contributed by atoms with Crippen LogP contribution in [0.5, 0.6) is 0 Å². The zero-order valence-electron chi connectivity index (χ0n) is 7.89. The van der Waals surface area contributed by atoms with Gasteiger partial charge in [-0.15, -0.1) is 0 Å². The Bertz CT molecular complexity index is 319. The standard InChI is InChI=1S/C9H11ClF2N2/c1-5-3-6(4-7(10)14-5)9(2,13)8(11)12/h3-4,8H,13H2,1-2H3. The number of hydrogen-bond donors (Lipinski definition) is 1. The highest BCUT2D eigenvalue weighted by Gasteiger charge is 2.32. The van der Waals surface area contributed by atoms with Gasteiger partial charge in [-0.25, -0.2) is 13.8 Å². The van der Waals surface area contributed by atoms with Gasteiger partial charge in [-0.2, -0.15) is 0 Å². The topological polar surface area (TPSA) is 38.9 Å². The molecule has 1 unspecified atom stereocenters. The minimum absolute atomic E-state index is 0.178. The van der Waals surface area contributed by atoms with Crippen LogP contribution in [-0.2, 0) is 5.54 Å². The van der Waals surface area contributed by atoms with Crippen molar-refractivity contribution >= 4 is 11.6 Å². The SMILES string of the molecule is Cc1cc(C(C)(N)C(F)F)cc(Cl)n1. The van der Waals surface area contributed by atoms with Crippen LogP contribution in [-0.4, -0.2) is 11.4 Å². The fraction of sp³-hybridized carbons (Fsp3) is 0.444. The van der Waals surface area contributed by atoms with Gasteiger partial charge in [-0.3, -0.25) is 0 Å². The molecule has 1 atom stereocenters. The fourth-order valence-electron chi connectivity index (χ4n) is 1.07. The normalized spacial score (nSPS) is 15.6. The predicted molar refractivity (Wildman–Crippen MR) is 51.5 cm³/mol. The second kappa shape index (κ2) is 3.79. The molecule has 1 rings (SSSR count). The van der Waals surface area contributed by atoms with Crippen molar-refractivity contribution in [1.82, 2.24) is 4.98 Å². The molecule has 2 N–H and O–H groups in total. The summed E-state index contributed by atoms with van der Waals surface area (Å²) in [4.78, 5) is 3.87. The van der Waals surface area contributed by atoms with Gasteiger partial charge in [0.15, 0.2) is 0 Å². The second-order valence-corrected chi connectivity index (χ2v) is 3.79. The summed E-state index contributed by atoms with van der Waals surface area (Å²) in [5.41, 5.74) is 4.67. The molecule has 0 saturated heterocycles. The van der Waals surface area contributed by atoms with E-state index in [1.165, 1.54) is 19.1 Å². The molecule has 0 aliphatic carbocycles. The van der Waals surface area contributed by atoms with Gasteiger partial charge in [-0.05, 0) is 31.5 Å². The Morgan fingerprint density at radius 3 is 2.50 bits per heavy atom. The van der Waals surface area contributed by atoms with Crippen molar-refractivity contribution in [2.24, 2.45) is 5.73 Å². The van der Waals surface area contributed by atoms with Crippen LogP contribution in [0.15, 0.2) is 12.1 Å². The highest BCUT2D eigenvalue weighted by atomic mass is 35.5. The summed E-state index contributed by atoms with van der Waals surface area (Å²) in [6, 6.07) is 2.87. The van der Waals surface area contributed by atoms with Crippen LogP contribution in [0.4, 0.5) is 8.78 Å². The van der Waals surface area contributed by atoms with Gasteiger partial charge in [0, 0.05) is 5.69 Å². The summed E-state index contributed by atoms with van der Waals surface area (Å²) in [6.45, 7) is 2.94. The molecule has 0 aliphatic heterocycles. The van der Waals surface area contributed by atoms with Crippen LogP contribution in [0, 0.1) is 6.92 Å². The molecule has 1 aromatic rings. The summed E-state index contributed by atoms with van der Waals surface area (Å²) >= 11 is 5.65. The van der Waals surface area contributed by atoms with Crippen LogP contribution in [0.3, 0.4) is 0 Å². The van der Waals surface area contributed by atoms with Crippen molar-refractivity contribution in [3.05, 3.63) is 28.5 Å². The molecule has 0 aliphatic rings. The van der Waals surface area contributed by atoms with Crippen molar-refractivity contribution < 1.29 is 8.78 Å². The average molecular weight is 221 g/mol. The number of alkyl halides is 2. The third-order valence-corrected chi connectivity index (χ3v) is 2.19. The van der Waals surface area contributed by atoms with Gasteiger partial charge in [0.25, 0.3) is 6.43 Å². The second-order valence-electron chi connectivity index (χ2n) is 3.40. The smallest absolute Gasteiger partial charge is 0.260 e. The molecule has 0 fully saturated rings. The molecule has 78 valence electrons. The average Bonchev–Trinajstić information content (AvgIpc) is 2.01. The largest absolute Gasteiger partial charge is 0.317 e. The fourth-order valence-corrected chi connectivity index (χ4v) is 1.32. The zero-order chi connectivity index (χ0) is 10.9. The third kappa shape index (κ3) is 2.19. The Morgan fingerprint density at radius 2 is 2.07 bits per heavy atom. The Morgan fingerprint density at radius 1 is 1.50 bits per heavy atom. The van der Waals surface area contributed by atoms with E-state index in [0.29, 0.717) is 11.3 Å². The maximum absolute atomic E-state index is 12.6. The third-order valence-electron chi connectivity index (χ3n) is 2.00. The van der Waals surface area contributed by atoms with E-state index in [-0.39, 0.29) is 5.15 Å². The van der Waals surface area contributed by atoms with Crippen molar-refractivity contribution in [2.75, 3.05) is 0 Å². The zero-order valence-corrected chi connectivity index (χ0v) is 8.65. The van der Waals surface area contributed by atoms with Crippen molar-refractivity contribution in [3.63, 3.8) is 0 Å². The molecule has 0 aromatic carbocycles. The van der Waals surface area contributed by atoms with Crippen LogP contribution >= 0.6 is 11.6 Å². The van der Waals surface area contributed by atoms with Crippen molar-refractivity contribution in [3.8, 4) is 0 Å². The number of aryl methyl sites for hydroxylation is 1. The van der Waals surface area contributed by atoms with Crippen molar-refractivity contribution in [1.29, 1.82) is 0 Å². The minimum atomic E-state index is -2.64. The summed E-state index contributed by atoms with van der Waals surface area (Å²) in [6.07, 6.45) is -2.64. The van der Waals surface area contributed by atoms with Gasteiger partial charge >= 0.3 is 0 Å². The molecule has 14 heavy (non-hydrogen) atoms. The van der Waals surface area contributed by atoms with Crippen molar-refractivity contribution in [2.45, 2.75) is 25.8 Å². The number of aromatic nitrogens is 1. The summed E-state index contributed by atoms with van der Waals surface area (Å²) < 4.78 is 25.1. The summed E-state index contributed by atoms with van der Waals surface area (Å²) in [5, 5.41) is 0.178. The highest BCUT2D eigenvalue weighted by Crippen LogP contribution is 2.26. The monoisotopic (exact) mass is 220 g/mol. The maximum atomic E-state index is 12.6. The van der Waals surface area contributed by atoms with Gasteiger partial charge in [0.2, 0.25) is 0 Å². The lowest BCUT2D eigenvalue weighted by Gasteiger charge is -2.24. The number of rotatable bonds is 2. The Kier molecular flexibility index (Phi) is 3.07. The van der Waals surface area contributed by atoms with E-state index >= 15 is 0 Å². The summed E-state index contributed by atoms with van der Waals surface area (Å²) in [5.74, 6) is 0. The first-order valence-electron chi connectivity index (χ1n) is 4.05. The highest BCUT2D eigenvalue weighted by molar-refractivity contribution is 6.29. The van der Waals surface area contributed by atoms with Gasteiger partial charge < -0.3 is 5.73 Å². The van der Waals surface area contributed by atoms with E-state index in [1.54, 1.807) is 6.92 Å². The lowest BCUT2D eigenvalue weighted by Crippen LogP contribution is -2.40. The number of nitrogens with two attached hydrogens (primary N) is 1. The molecule has 1 heterocycles. The van der Waals surface area contributed by atoms with Gasteiger partial charge in [0.05, 0.1) is 5.54 Å². The predicted octanol–water partition coefficient (Wildman–Crippen LogP) is 2.48. The van der Waals surface area contributed by atoms with Crippen LogP contribution in [0.1, 0.15) is 18.2 Å². The molecule has 0 amide bonds. The number of halogens is 3. The lowest BCUT2D eigenvalue weighted by atomic mass is 9.94. The quantitative estimate of drug-likeness (QED) is 0.778. The minimum Gasteiger partial charge on any atom is -0.317 e. The molecule has 5 heteroatoms.